The number of hydrogen-bond donors (Lipinski definition) is 1. The fourth-order valence-corrected chi connectivity index (χ4v) is 1.51. The van der Waals surface area contributed by atoms with Gasteiger partial charge < -0.3 is 5.73 Å². The van der Waals surface area contributed by atoms with Crippen LogP contribution in [0.2, 0.25) is 0 Å². The number of rotatable bonds is 4. The van der Waals surface area contributed by atoms with Crippen LogP contribution in [0, 0.1) is 0 Å². The smallest absolute Gasteiger partial charge is 0.166 e. The second-order valence-corrected chi connectivity index (χ2v) is 3.32. The lowest BCUT2D eigenvalue weighted by atomic mass is 10.1. The van der Waals surface area contributed by atoms with Gasteiger partial charge >= 0.3 is 0 Å². The second-order valence-electron chi connectivity index (χ2n) is 3.32. The molecule has 82 valence electrons. The van der Waals surface area contributed by atoms with Crippen LogP contribution < -0.4 is 5.73 Å². The molecule has 0 unspecified atom stereocenters. The molecule has 0 spiro atoms. The molecule has 0 saturated heterocycles. The van der Waals surface area contributed by atoms with Crippen molar-refractivity contribution in [1.82, 2.24) is 14.8 Å². The van der Waals surface area contributed by atoms with Gasteiger partial charge in [0.05, 0.1) is 5.69 Å². The van der Waals surface area contributed by atoms with Crippen molar-refractivity contribution < 1.29 is 4.79 Å². The number of benzene rings is 1. The summed E-state index contributed by atoms with van der Waals surface area (Å²) in [5, 5.41) is 4.01. The number of ketones is 1. The van der Waals surface area contributed by atoms with E-state index in [9.17, 15) is 4.79 Å². The first-order valence-electron chi connectivity index (χ1n) is 5.00. The first kappa shape index (κ1) is 10.5. The lowest BCUT2D eigenvalue weighted by Crippen LogP contribution is -2.11. The third kappa shape index (κ3) is 1.99. The monoisotopic (exact) mass is 216 g/mol. The standard InChI is InChI=1S/C11H12N4O/c12-6-5-11(16)9-3-1-2-4-10(9)15-8-13-7-14-15/h1-4,7-8H,5-6,12H2. The fourth-order valence-electron chi connectivity index (χ4n) is 1.51. The normalized spacial score (nSPS) is 10.3. The van der Waals surface area contributed by atoms with Crippen molar-refractivity contribution in [2.45, 2.75) is 6.42 Å². The van der Waals surface area contributed by atoms with E-state index in [4.69, 9.17) is 5.73 Å². The molecule has 0 radical (unpaired) electrons. The highest BCUT2D eigenvalue weighted by Gasteiger charge is 2.11. The summed E-state index contributed by atoms with van der Waals surface area (Å²) in [6.45, 7) is 0.352. The number of nitrogens with zero attached hydrogens (tertiary/aromatic N) is 3. The van der Waals surface area contributed by atoms with Gasteiger partial charge in [-0.2, -0.15) is 5.10 Å². The van der Waals surface area contributed by atoms with Gasteiger partial charge in [-0.1, -0.05) is 12.1 Å². The van der Waals surface area contributed by atoms with Crippen molar-refractivity contribution in [3.63, 3.8) is 0 Å². The quantitative estimate of drug-likeness (QED) is 0.767. The van der Waals surface area contributed by atoms with Crippen LogP contribution in [-0.4, -0.2) is 27.1 Å². The van der Waals surface area contributed by atoms with E-state index in [-0.39, 0.29) is 5.78 Å². The molecule has 0 bridgehead atoms. The minimum absolute atomic E-state index is 0.0219. The Labute approximate surface area is 92.9 Å². The van der Waals surface area contributed by atoms with E-state index in [1.54, 1.807) is 17.1 Å². The summed E-state index contributed by atoms with van der Waals surface area (Å²) in [6, 6.07) is 7.29. The first-order valence-corrected chi connectivity index (χ1v) is 5.00. The number of hydrogen-bond acceptors (Lipinski definition) is 4. The Kier molecular flexibility index (Phi) is 3.07. The number of Topliss-reactive ketones (excluding diaryl/α,β-unsaturated/α-hetero) is 1. The summed E-state index contributed by atoms with van der Waals surface area (Å²) < 4.78 is 1.57. The number of carbonyl (C=O) groups excluding carboxylic acids is 1. The lowest BCUT2D eigenvalue weighted by Gasteiger charge is -2.06. The molecule has 2 aromatic rings. The Bertz CT molecular complexity index is 478. The molecule has 0 amide bonds. The molecule has 2 N–H and O–H groups in total. The summed E-state index contributed by atoms with van der Waals surface area (Å²) in [5.41, 5.74) is 6.74. The zero-order valence-electron chi connectivity index (χ0n) is 8.71. The van der Waals surface area contributed by atoms with Crippen molar-refractivity contribution >= 4 is 5.78 Å². The molecule has 2 rings (SSSR count). The Hall–Kier alpha value is -2.01. The molecule has 0 saturated carbocycles. The summed E-state index contributed by atoms with van der Waals surface area (Å²) >= 11 is 0. The molecular weight excluding hydrogens is 204 g/mol. The van der Waals surface area contributed by atoms with Gasteiger partial charge in [-0.25, -0.2) is 9.67 Å². The van der Waals surface area contributed by atoms with Crippen molar-refractivity contribution in [2.75, 3.05) is 6.54 Å². The summed E-state index contributed by atoms with van der Waals surface area (Å²) in [7, 11) is 0. The second kappa shape index (κ2) is 4.67. The van der Waals surface area contributed by atoms with Gasteiger partial charge in [0.25, 0.3) is 0 Å². The first-order chi connectivity index (χ1) is 7.83. The molecule has 1 heterocycles. The van der Waals surface area contributed by atoms with Gasteiger partial charge in [0.15, 0.2) is 5.78 Å². The van der Waals surface area contributed by atoms with Crippen LogP contribution in [0.4, 0.5) is 0 Å². The minimum Gasteiger partial charge on any atom is -0.330 e. The molecule has 0 fully saturated rings. The molecule has 1 aromatic heterocycles. The van der Waals surface area contributed by atoms with E-state index in [2.05, 4.69) is 10.1 Å². The molecule has 5 heteroatoms. The maximum Gasteiger partial charge on any atom is 0.166 e. The topological polar surface area (TPSA) is 73.8 Å². The van der Waals surface area contributed by atoms with Crippen LogP contribution in [0.25, 0.3) is 5.69 Å². The number of para-hydroxylation sites is 1. The van der Waals surface area contributed by atoms with Crippen molar-refractivity contribution in [3.8, 4) is 5.69 Å². The van der Waals surface area contributed by atoms with E-state index in [0.29, 0.717) is 18.5 Å². The Morgan fingerprint density at radius 2 is 2.19 bits per heavy atom. The van der Waals surface area contributed by atoms with Crippen LogP contribution in [0.3, 0.4) is 0 Å². The van der Waals surface area contributed by atoms with Crippen LogP contribution >= 0.6 is 0 Å². The molecule has 16 heavy (non-hydrogen) atoms. The van der Waals surface area contributed by atoms with Crippen LogP contribution in [0.5, 0.6) is 0 Å². The van der Waals surface area contributed by atoms with Crippen LogP contribution in [-0.2, 0) is 0 Å². The third-order valence-corrected chi connectivity index (χ3v) is 2.24. The highest BCUT2D eigenvalue weighted by atomic mass is 16.1. The third-order valence-electron chi connectivity index (χ3n) is 2.24. The van der Waals surface area contributed by atoms with E-state index in [1.807, 2.05) is 18.2 Å². The maximum absolute atomic E-state index is 11.8. The van der Waals surface area contributed by atoms with E-state index >= 15 is 0 Å². The average molecular weight is 216 g/mol. The highest BCUT2D eigenvalue weighted by Crippen LogP contribution is 2.14. The fraction of sp³-hybridized carbons (Fsp3) is 0.182. The minimum atomic E-state index is 0.0219. The zero-order valence-corrected chi connectivity index (χ0v) is 8.71. The van der Waals surface area contributed by atoms with Gasteiger partial charge in [0.2, 0.25) is 0 Å². The molecule has 1 aromatic carbocycles. The number of nitrogens with two attached hydrogens (primary N) is 1. The van der Waals surface area contributed by atoms with Crippen molar-refractivity contribution in [2.24, 2.45) is 5.73 Å². The lowest BCUT2D eigenvalue weighted by molar-refractivity contribution is 0.0985. The molecule has 5 nitrogen and oxygen atoms in total. The van der Waals surface area contributed by atoms with E-state index in [1.165, 1.54) is 6.33 Å². The molecule has 0 aliphatic carbocycles. The molecule has 0 aliphatic heterocycles. The van der Waals surface area contributed by atoms with Crippen molar-refractivity contribution in [3.05, 3.63) is 42.5 Å². The molecule has 0 atom stereocenters. The Balaban J connectivity index is 2.42. The predicted molar refractivity (Wildman–Crippen MR) is 59.4 cm³/mol. The molecular formula is C11H12N4O. The van der Waals surface area contributed by atoms with Gasteiger partial charge in [-0.3, -0.25) is 4.79 Å². The van der Waals surface area contributed by atoms with Gasteiger partial charge in [0.1, 0.15) is 12.7 Å². The average Bonchev–Trinajstić information content (AvgIpc) is 2.83. The predicted octanol–water partition coefficient (Wildman–Crippen LogP) is 0.799. The SMILES string of the molecule is NCCC(=O)c1ccccc1-n1cncn1. The Morgan fingerprint density at radius 1 is 1.38 bits per heavy atom. The maximum atomic E-state index is 11.8. The van der Waals surface area contributed by atoms with E-state index in [0.717, 1.165) is 5.69 Å². The summed E-state index contributed by atoms with van der Waals surface area (Å²) in [4.78, 5) is 15.7. The van der Waals surface area contributed by atoms with Gasteiger partial charge in [-0.15, -0.1) is 0 Å². The Morgan fingerprint density at radius 3 is 2.88 bits per heavy atom. The largest absolute Gasteiger partial charge is 0.330 e. The van der Waals surface area contributed by atoms with Crippen molar-refractivity contribution in [1.29, 1.82) is 0 Å². The van der Waals surface area contributed by atoms with Crippen LogP contribution in [0.1, 0.15) is 16.8 Å². The van der Waals surface area contributed by atoms with Gasteiger partial charge in [-0.05, 0) is 18.7 Å². The number of carbonyl (C=O) groups is 1. The van der Waals surface area contributed by atoms with Gasteiger partial charge in [0, 0.05) is 12.0 Å². The summed E-state index contributed by atoms with van der Waals surface area (Å²) in [5.74, 6) is 0.0219. The van der Waals surface area contributed by atoms with Crippen LogP contribution in [0.15, 0.2) is 36.9 Å². The molecule has 0 aliphatic rings. The summed E-state index contributed by atoms with van der Waals surface area (Å²) in [6.07, 6.45) is 3.34. The zero-order chi connectivity index (χ0) is 11.4. The number of aromatic nitrogens is 3. The van der Waals surface area contributed by atoms with E-state index < -0.39 is 0 Å². The highest BCUT2D eigenvalue weighted by molar-refractivity contribution is 5.99.